The van der Waals surface area contributed by atoms with Gasteiger partial charge in [-0.2, -0.15) is 0 Å². The first-order chi connectivity index (χ1) is 8.27. The number of hydrogen-bond donors (Lipinski definition) is 1. The van der Waals surface area contributed by atoms with E-state index in [9.17, 15) is 4.79 Å². The van der Waals surface area contributed by atoms with Crippen molar-refractivity contribution in [3.05, 3.63) is 53.1 Å². The van der Waals surface area contributed by atoms with Gasteiger partial charge >= 0.3 is 5.69 Å². The van der Waals surface area contributed by atoms with Gasteiger partial charge in [0.1, 0.15) is 5.76 Å². The summed E-state index contributed by atoms with van der Waals surface area (Å²) in [7, 11) is 0. The van der Waals surface area contributed by atoms with Gasteiger partial charge in [-0.1, -0.05) is 0 Å². The molecule has 0 spiro atoms. The molecule has 90 valence electrons. The lowest BCUT2D eigenvalue weighted by Gasteiger charge is -2.11. The number of rotatable bonds is 5. The van der Waals surface area contributed by atoms with Gasteiger partial charge in [-0.3, -0.25) is 4.57 Å². The molecule has 0 radical (unpaired) electrons. The number of furan rings is 1. The van der Waals surface area contributed by atoms with E-state index in [-0.39, 0.29) is 11.7 Å². The first-order valence-electron chi connectivity index (χ1n) is 5.55. The summed E-state index contributed by atoms with van der Waals surface area (Å²) < 4.78 is 6.85. The van der Waals surface area contributed by atoms with Gasteiger partial charge in [-0.05, 0) is 25.1 Å². The van der Waals surface area contributed by atoms with Crippen molar-refractivity contribution in [2.24, 2.45) is 0 Å². The SMILES string of the molecule is CC(NCCn1cccnc1=O)c1ccco1. The summed E-state index contributed by atoms with van der Waals surface area (Å²) >= 11 is 0. The highest BCUT2D eigenvalue weighted by atomic mass is 16.3. The molecule has 0 aliphatic carbocycles. The molecule has 0 saturated carbocycles. The molecule has 0 aliphatic heterocycles. The van der Waals surface area contributed by atoms with Crippen LogP contribution >= 0.6 is 0 Å². The third-order valence-electron chi connectivity index (χ3n) is 2.56. The molecule has 2 heterocycles. The second-order valence-corrected chi connectivity index (χ2v) is 3.79. The molecule has 2 aromatic heterocycles. The molecule has 5 nitrogen and oxygen atoms in total. The number of nitrogens with zero attached hydrogens (tertiary/aromatic N) is 2. The van der Waals surface area contributed by atoms with Crippen LogP contribution in [-0.4, -0.2) is 16.1 Å². The molecule has 1 atom stereocenters. The zero-order valence-corrected chi connectivity index (χ0v) is 9.67. The molecule has 17 heavy (non-hydrogen) atoms. The predicted octanol–water partition coefficient (Wildman–Crippen LogP) is 1.19. The fraction of sp³-hybridized carbons (Fsp3) is 0.333. The molecule has 0 aliphatic rings. The average molecular weight is 233 g/mol. The normalized spacial score (nSPS) is 12.5. The van der Waals surface area contributed by atoms with Crippen LogP contribution < -0.4 is 11.0 Å². The van der Waals surface area contributed by atoms with Crippen LogP contribution in [0.25, 0.3) is 0 Å². The van der Waals surface area contributed by atoms with Gasteiger partial charge in [-0.25, -0.2) is 9.78 Å². The number of nitrogens with one attached hydrogen (secondary N) is 1. The lowest BCUT2D eigenvalue weighted by atomic mass is 10.2. The van der Waals surface area contributed by atoms with Crippen LogP contribution in [-0.2, 0) is 6.54 Å². The van der Waals surface area contributed by atoms with Crippen molar-refractivity contribution in [2.45, 2.75) is 19.5 Å². The van der Waals surface area contributed by atoms with E-state index in [2.05, 4.69) is 10.3 Å². The Balaban J connectivity index is 1.84. The van der Waals surface area contributed by atoms with Gasteiger partial charge in [-0.15, -0.1) is 0 Å². The zero-order chi connectivity index (χ0) is 12.1. The zero-order valence-electron chi connectivity index (χ0n) is 9.67. The van der Waals surface area contributed by atoms with Crippen molar-refractivity contribution in [1.82, 2.24) is 14.9 Å². The largest absolute Gasteiger partial charge is 0.468 e. The molecule has 0 fully saturated rings. The van der Waals surface area contributed by atoms with Crippen LogP contribution in [0.1, 0.15) is 18.7 Å². The van der Waals surface area contributed by atoms with E-state index in [1.54, 1.807) is 23.1 Å². The highest BCUT2D eigenvalue weighted by Crippen LogP contribution is 2.11. The summed E-state index contributed by atoms with van der Waals surface area (Å²) in [5, 5.41) is 3.28. The van der Waals surface area contributed by atoms with Gasteiger partial charge in [0.2, 0.25) is 0 Å². The summed E-state index contributed by atoms with van der Waals surface area (Å²) in [6.45, 7) is 3.30. The monoisotopic (exact) mass is 233 g/mol. The van der Waals surface area contributed by atoms with Gasteiger partial charge in [0, 0.05) is 25.5 Å². The van der Waals surface area contributed by atoms with E-state index in [0.717, 1.165) is 5.76 Å². The van der Waals surface area contributed by atoms with Gasteiger partial charge in [0.05, 0.1) is 12.3 Å². The van der Waals surface area contributed by atoms with E-state index in [1.807, 2.05) is 19.1 Å². The summed E-state index contributed by atoms with van der Waals surface area (Å²) in [4.78, 5) is 15.0. The van der Waals surface area contributed by atoms with Crippen LogP contribution in [0.3, 0.4) is 0 Å². The Morgan fingerprint density at radius 1 is 1.53 bits per heavy atom. The van der Waals surface area contributed by atoms with Gasteiger partial charge in [0.15, 0.2) is 0 Å². The minimum atomic E-state index is -0.222. The van der Waals surface area contributed by atoms with E-state index >= 15 is 0 Å². The molecule has 5 heteroatoms. The summed E-state index contributed by atoms with van der Waals surface area (Å²) in [6.07, 6.45) is 4.88. The van der Waals surface area contributed by atoms with Crippen molar-refractivity contribution in [2.75, 3.05) is 6.54 Å². The summed E-state index contributed by atoms with van der Waals surface area (Å²) in [5.74, 6) is 0.892. The Labute approximate surface area is 99.1 Å². The molecule has 2 aromatic rings. The van der Waals surface area contributed by atoms with Crippen LogP contribution in [0.5, 0.6) is 0 Å². The van der Waals surface area contributed by atoms with Crippen LogP contribution in [0, 0.1) is 0 Å². The van der Waals surface area contributed by atoms with E-state index in [1.165, 1.54) is 6.20 Å². The lowest BCUT2D eigenvalue weighted by Crippen LogP contribution is -2.29. The summed E-state index contributed by atoms with van der Waals surface area (Å²) in [6, 6.07) is 5.67. The van der Waals surface area contributed by atoms with E-state index in [4.69, 9.17) is 4.42 Å². The van der Waals surface area contributed by atoms with Gasteiger partial charge < -0.3 is 9.73 Å². The fourth-order valence-corrected chi connectivity index (χ4v) is 1.60. The topological polar surface area (TPSA) is 60.1 Å². The quantitative estimate of drug-likeness (QED) is 0.842. The standard InChI is InChI=1S/C12H15N3O2/c1-10(11-4-2-9-17-11)13-6-8-15-7-3-5-14-12(15)16/h2-5,7,9-10,13H,6,8H2,1H3. The molecule has 0 amide bonds. The van der Waals surface area contributed by atoms with Crippen LogP contribution in [0.15, 0.2) is 46.1 Å². The van der Waals surface area contributed by atoms with Crippen molar-refractivity contribution in [1.29, 1.82) is 0 Å². The second-order valence-electron chi connectivity index (χ2n) is 3.79. The number of hydrogen-bond acceptors (Lipinski definition) is 4. The molecule has 2 rings (SSSR count). The first kappa shape index (κ1) is 11.6. The smallest absolute Gasteiger partial charge is 0.347 e. The highest BCUT2D eigenvalue weighted by molar-refractivity contribution is 5.02. The van der Waals surface area contributed by atoms with Crippen LogP contribution in [0.2, 0.25) is 0 Å². The maximum atomic E-state index is 11.3. The Hall–Kier alpha value is -1.88. The van der Waals surface area contributed by atoms with Crippen molar-refractivity contribution in [3.63, 3.8) is 0 Å². The Morgan fingerprint density at radius 2 is 2.41 bits per heavy atom. The molecule has 0 bridgehead atoms. The minimum Gasteiger partial charge on any atom is -0.468 e. The van der Waals surface area contributed by atoms with Gasteiger partial charge in [0.25, 0.3) is 0 Å². The minimum absolute atomic E-state index is 0.136. The second kappa shape index (κ2) is 5.45. The molecular weight excluding hydrogens is 218 g/mol. The lowest BCUT2D eigenvalue weighted by molar-refractivity contribution is 0.421. The summed E-state index contributed by atoms with van der Waals surface area (Å²) in [5.41, 5.74) is -0.222. The fourth-order valence-electron chi connectivity index (χ4n) is 1.60. The molecule has 1 unspecified atom stereocenters. The molecular formula is C12H15N3O2. The first-order valence-corrected chi connectivity index (χ1v) is 5.55. The predicted molar refractivity (Wildman–Crippen MR) is 63.6 cm³/mol. The molecule has 1 N–H and O–H groups in total. The van der Waals surface area contributed by atoms with Crippen molar-refractivity contribution >= 4 is 0 Å². The van der Waals surface area contributed by atoms with E-state index < -0.39 is 0 Å². The van der Waals surface area contributed by atoms with Crippen LogP contribution in [0.4, 0.5) is 0 Å². The van der Waals surface area contributed by atoms with Crippen molar-refractivity contribution < 1.29 is 4.42 Å². The molecule has 0 saturated heterocycles. The van der Waals surface area contributed by atoms with Crippen molar-refractivity contribution in [3.8, 4) is 0 Å². The maximum Gasteiger partial charge on any atom is 0.347 e. The Morgan fingerprint density at radius 3 is 3.12 bits per heavy atom. The maximum absolute atomic E-state index is 11.3. The third-order valence-corrected chi connectivity index (χ3v) is 2.56. The Kier molecular flexibility index (Phi) is 3.72. The number of aromatic nitrogens is 2. The Bertz CT molecular complexity index is 504. The van der Waals surface area contributed by atoms with E-state index in [0.29, 0.717) is 13.1 Å². The highest BCUT2D eigenvalue weighted by Gasteiger charge is 2.06. The molecule has 0 aromatic carbocycles. The third kappa shape index (κ3) is 3.04. The average Bonchev–Trinajstić information content (AvgIpc) is 2.85.